The summed E-state index contributed by atoms with van der Waals surface area (Å²) in [4.78, 5) is 15.3. The van der Waals surface area contributed by atoms with Crippen LogP contribution in [0.15, 0.2) is 0 Å². The summed E-state index contributed by atoms with van der Waals surface area (Å²) in [5.74, 6) is 0.695. The molecule has 20 heavy (non-hydrogen) atoms. The van der Waals surface area contributed by atoms with E-state index in [4.69, 9.17) is 0 Å². The van der Waals surface area contributed by atoms with E-state index in [1.165, 1.54) is 19.3 Å². The second-order valence-electron chi connectivity index (χ2n) is 7.30. The summed E-state index contributed by atoms with van der Waals surface area (Å²) in [6.07, 6.45) is 8.14. The lowest BCUT2D eigenvalue weighted by molar-refractivity contribution is -0.144. The molecule has 1 saturated heterocycles. The summed E-state index contributed by atoms with van der Waals surface area (Å²) < 4.78 is 0. The van der Waals surface area contributed by atoms with Crippen LogP contribution in [0.5, 0.6) is 0 Å². The van der Waals surface area contributed by atoms with Crippen molar-refractivity contribution in [2.75, 3.05) is 19.6 Å². The van der Waals surface area contributed by atoms with Crippen LogP contribution in [0.1, 0.15) is 65.7 Å². The Labute approximate surface area is 124 Å². The minimum Gasteiger partial charge on any atom is -0.339 e. The van der Waals surface area contributed by atoms with Gasteiger partial charge in [0, 0.05) is 18.5 Å². The van der Waals surface area contributed by atoms with E-state index in [1.54, 1.807) is 0 Å². The first kappa shape index (κ1) is 15.8. The Kier molecular flexibility index (Phi) is 5.48. The molecule has 1 saturated carbocycles. The second-order valence-corrected chi connectivity index (χ2v) is 7.30. The molecule has 116 valence electrons. The number of nitrogens with zero attached hydrogens (tertiary/aromatic N) is 1. The fourth-order valence-electron chi connectivity index (χ4n) is 3.98. The molecule has 0 spiro atoms. The molecule has 1 aliphatic heterocycles. The molecule has 1 heterocycles. The molecular weight excluding hydrogens is 248 g/mol. The van der Waals surface area contributed by atoms with Gasteiger partial charge in [-0.3, -0.25) is 4.79 Å². The number of piperidine rings is 1. The van der Waals surface area contributed by atoms with Gasteiger partial charge in [0.05, 0.1) is 0 Å². The third kappa shape index (κ3) is 3.55. The third-order valence-electron chi connectivity index (χ3n) is 5.30. The van der Waals surface area contributed by atoms with Crippen molar-refractivity contribution in [2.45, 2.75) is 71.8 Å². The number of hydrogen-bond acceptors (Lipinski definition) is 2. The molecule has 1 aliphatic carbocycles. The smallest absolute Gasteiger partial charge is 0.226 e. The van der Waals surface area contributed by atoms with Crippen molar-refractivity contribution in [2.24, 2.45) is 11.3 Å². The van der Waals surface area contributed by atoms with E-state index in [0.29, 0.717) is 11.9 Å². The Balaban J connectivity index is 2.08. The average Bonchev–Trinajstić information content (AvgIpc) is 2.44. The summed E-state index contributed by atoms with van der Waals surface area (Å²) >= 11 is 0. The Morgan fingerprint density at radius 3 is 2.50 bits per heavy atom. The predicted molar refractivity (Wildman–Crippen MR) is 83.6 cm³/mol. The van der Waals surface area contributed by atoms with Crippen LogP contribution < -0.4 is 5.32 Å². The molecule has 2 rings (SSSR count). The first-order valence-electron chi connectivity index (χ1n) is 8.57. The van der Waals surface area contributed by atoms with Gasteiger partial charge >= 0.3 is 0 Å². The first-order chi connectivity index (χ1) is 9.56. The zero-order valence-electron chi connectivity index (χ0n) is 13.6. The number of hydrogen-bond donors (Lipinski definition) is 1. The van der Waals surface area contributed by atoms with Crippen LogP contribution in [0.25, 0.3) is 0 Å². The van der Waals surface area contributed by atoms with Crippen molar-refractivity contribution in [1.29, 1.82) is 0 Å². The predicted octanol–water partition coefficient (Wildman–Crippen LogP) is 3.19. The minimum absolute atomic E-state index is 0.189. The molecule has 0 aromatic heterocycles. The highest BCUT2D eigenvalue weighted by Gasteiger charge is 2.40. The molecule has 0 aromatic carbocycles. The number of nitrogens with one attached hydrogen (secondary N) is 1. The number of carbonyl (C=O) groups is 1. The highest BCUT2D eigenvalue weighted by atomic mass is 16.2. The molecule has 2 aliphatic rings. The summed E-state index contributed by atoms with van der Waals surface area (Å²) in [5.41, 5.74) is 0.189. The van der Waals surface area contributed by atoms with E-state index in [-0.39, 0.29) is 11.3 Å². The molecule has 0 bridgehead atoms. The van der Waals surface area contributed by atoms with Gasteiger partial charge in [0.15, 0.2) is 0 Å². The Morgan fingerprint density at radius 1 is 1.20 bits per heavy atom. The largest absolute Gasteiger partial charge is 0.339 e. The molecule has 1 atom stereocenters. The summed E-state index contributed by atoms with van der Waals surface area (Å²) in [5, 5.41) is 3.41. The Bertz CT molecular complexity index is 321. The van der Waals surface area contributed by atoms with Crippen molar-refractivity contribution in [3.63, 3.8) is 0 Å². The molecule has 3 nitrogen and oxygen atoms in total. The zero-order valence-corrected chi connectivity index (χ0v) is 13.6. The van der Waals surface area contributed by atoms with E-state index >= 15 is 0 Å². The van der Waals surface area contributed by atoms with Gasteiger partial charge in [-0.2, -0.15) is 0 Å². The maximum atomic E-state index is 13.1. The van der Waals surface area contributed by atoms with Crippen LogP contribution in [0, 0.1) is 11.3 Å². The molecule has 1 N–H and O–H groups in total. The number of amides is 1. The van der Waals surface area contributed by atoms with Crippen LogP contribution in [0.4, 0.5) is 0 Å². The van der Waals surface area contributed by atoms with Gasteiger partial charge in [0.25, 0.3) is 0 Å². The lowest BCUT2D eigenvalue weighted by Gasteiger charge is -2.43. The number of rotatable bonds is 4. The van der Waals surface area contributed by atoms with E-state index in [0.717, 1.165) is 45.3 Å². The Hall–Kier alpha value is -0.570. The Morgan fingerprint density at radius 2 is 1.90 bits per heavy atom. The highest BCUT2D eigenvalue weighted by Crippen LogP contribution is 2.41. The van der Waals surface area contributed by atoms with Gasteiger partial charge < -0.3 is 10.2 Å². The molecular formula is C17H32N2O. The van der Waals surface area contributed by atoms with E-state index in [1.807, 2.05) is 0 Å². The van der Waals surface area contributed by atoms with Gasteiger partial charge in [-0.15, -0.1) is 0 Å². The van der Waals surface area contributed by atoms with Crippen LogP contribution >= 0.6 is 0 Å². The fraction of sp³-hybridized carbons (Fsp3) is 0.941. The summed E-state index contributed by atoms with van der Waals surface area (Å²) in [6, 6.07) is 0.474. The third-order valence-corrected chi connectivity index (χ3v) is 5.30. The van der Waals surface area contributed by atoms with Gasteiger partial charge in [0.1, 0.15) is 0 Å². The monoisotopic (exact) mass is 280 g/mol. The fourth-order valence-corrected chi connectivity index (χ4v) is 3.98. The minimum atomic E-state index is 0.189. The normalized spacial score (nSPS) is 27.2. The molecule has 2 fully saturated rings. The number of carbonyl (C=O) groups excluding carboxylic acids is 1. The molecule has 1 unspecified atom stereocenters. The van der Waals surface area contributed by atoms with Gasteiger partial charge in [0.2, 0.25) is 5.91 Å². The SMILES string of the molecule is CCCN(C(=O)C1CCCCC1(C)C)C1CCNCC1. The van der Waals surface area contributed by atoms with Gasteiger partial charge in [-0.25, -0.2) is 0 Å². The van der Waals surface area contributed by atoms with Gasteiger partial charge in [-0.05, 0) is 50.6 Å². The van der Waals surface area contributed by atoms with Crippen molar-refractivity contribution >= 4 is 5.91 Å². The van der Waals surface area contributed by atoms with Crippen molar-refractivity contribution in [3.8, 4) is 0 Å². The lowest BCUT2D eigenvalue weighted by Crippen LogP contribution is -2.51. The molecule has 0 radical (unpaired) electrons. The van der Waals surface area contributed by atoms with Crippen LogP contribution in [-0.2, 0) is 4.79 Å². The van der Waals surface area contributed by atoms with E-state index in [9.17, 15) is 4.79 Å². The molecule has 1 amide bonds. The quantitative estimate of drug-likeness (QED) is 0.857. The summed E-state index contributed by atoms with van der Waals surface area (Å²) in [6.45, 7) is 9.84. The second kappa shape index (κ2) is 6.93. The average molecular weight is 280 g/mol. The summed E-state index contributed by atoms with van der Waals surface area (Å²) in [7, 11) is 0. The topological polar surface area (TPSA) is 32.3 Å². The van der Waals surface area contributed by atoms with Crippen molar-refractivity contribution in [3.05, 3.63) is 0 Å². The highest BCUT2D eigenvalue weighted by molar-refractivity contribution is 5.80. The van der Waals surface area contributed by atoms with Crippen molar-refractivity contribution in [1.82, 2.24) is 10.2 Å². The van der Waals surface area contributed by atoms with Crippen LogP contribution in [0.3, 0.4) is 0 Å². The standard InChI is InChI=1S/C17H32N2O/c1-4-13-19(14-8-11-18-12-9-14)16(20)15-7-5-6-10-17(15,2)3/h14-15,18H,4-13H2,1-3H3. The molecule has 0 aromatic rings. The van der Waals surface area contributed by atoms with Gasteiger partial charge in [-0.1, -0.05) is 33.6 Å². The zero-order chi connectivity index (χ0) is 14.6. The maximum Gasteiger partial charge on any atom is 0.226 e. The lowest BCUT2D eigenvalue weighted by atomic mass is 9.68. The van der Waals surface area contributed by atoms with E-state index < -0.39 is 0 Å². The van der Waals surface area contributed by atoms with E-state index in [2.05, 4.69) is 31.0 Å². The van der Waals surface area contributed by atoms with Crippen LogP contribution in [-0.4, -0.2) is 36.5 Å². The maximum absolute atomic E-state index is 13.1. The van der Waals surface area contributed by atoms with Crippen molar-refractivity contribution < 1.29 is 4.79 Å². The van der Waals surface area contributed by atoms with Crippen LogP contribution in [0.2, 0.25) is 0 Å². The first-order valence-corrected chi connectivity index (χ1v) is 8.57. The molecule has 3 heteroatoms.